The van der Waals surface area contributed by atoms with Crippen LogP contribution in [0.4, 0.5) is 10.1 Å². The fourth-order valence-corrected chi connectivity index (χ4v) is 3.44. The molecule has 1 heterocycles. The third-order valence-electron chi connectivity index (χ3n) is 5.11. The van der Waals surface area contributed by atoms with Crippen LogP contribution in [0.5, 0.6) is 0 Å². The minimum Gasteiger partial charge on any atom is -0.336 e. The lowest BCUT2D eigenvalue weighted by molar-refractivity contribution is -0.385. The molecule has 1 saturated heterocycles. The van der Waals surface area contributed by atoms with Gasteiger partial charge in [0.2, 0.25) is 0 Å². The number of rotatable bonds is 5. The van der Waals surface area contributed by atoms with Crippen molar-refractivity contribution in [2.24, 2.45) is 0 Å². The molecule has 0 saturated carbocycles. The van der Waals surface area contributed by atoms with Crippen molar-refractivity contribution in [3.63, 3.8) is 0 Å². The van der Waals surface area contributed by atoms with E-state index < -0.39 is 16.4 Å². The van der Waals surface area contributed by atoms with Crippen LogP contribution < -0.4 is 5.32 Å². The maximum Gasteiger partial charge on any atom is 0.276 e. The SMILES string of the molecule is CCC1(Cc2ccc(F)cc2)NC(=O)C(=Cc2ccccc2[N+](=O)[O-])N(C)C1=O. The van der Waals surface area contributed by atoms with Crippen LogP contribution in [-0.2, 0) is 16.0 Å². The van der Waals surface area contributed by atoms with Gasteiger partial charge in [0.1, 0.15) is 17.1 Å². The first kappa shape index (κ1) is 20.2. The highest BCUT2D eigenvalue weighted by Gasteiger charge is 2.46. The molecule has 8 heteroatoms. The van der Waals surface area contributed by atoms with E-state index in [1.165, 1.54) is 48.4 Å². The van der Waals surface area contributed by atoms with Gasteiger partial charge in [-0.05, 0) is 36.3 Å². The average Bonchev–Trinajstić information content (AvgIpc) is 2.71. The highest BCUT2D eigenvalue weighted by atomic mass is 19.1. The van der Waals surface area contributed by atoms with Crippen molar-refractivity contribution in [3.05, 3.63) is 81.3 Å². The van der Waals surface area contributed by atoms with Crippen molar-refractivity contribution in [2.45, 2.75) is 25.3 Å². The second-order valence-corrected chi connectivity index (χ2v) is 6.90. The summed E-state index contributed by atoms with van der Waals surface area (Å²) in [6.07, 6.45) is 1.87. The molecule has 1 aliphatic heterocycles. The first-order valence-electron chi connectivity index (χ1n) is 9.07. The lowest BCUT2D eigenvalue weighted by Crippen LogP contribution is -2.65. The Hall–Kier alpha value is -3.55. The topological polar surface area (TPSA) is 92.5 Å². The smallest absolute Gasteiger partial charge is 0.276 e. The molecule has 1 fully saturated rings. The molecule has 150 valence electrons. The van der Waals surface area contributed by atoms with Gasteiger partial charge in [0.05, 0.1) is 10.5 Å². The summed E-state index contributed by atoms with van der Waals surface area (Å²) < 4.78 is 13.2. The summed E-state index contributed by atoms with van der Waals surface area (Å²) in [5, 5.41) is 14.0. The molecule has 0 aliphatic carbocycles. The third kappa shape index (κ3) is 3.87. The van der Waals surface area contributed by atoms with E-state index in [0.717, 1.165) is 0 Å². The molecule has 3 rings (SSSR count). The number of carbonyl (C=O) groups is 2. The van der Waals surface area contributed by atoms with Gasteiger partial charge in [-0.2, -0.15) is 0 Å². The van der Waals surface area contributed by atoms with Gasteiger partial charge in [-0.1, -0.05) is 31.2 Å². The number of piperazine rings is 1. The monoisotopic (exact) mass is 397 g/mol. The van der Waals surface area contributed by atoms with Crippen LogP contribution in [0.2, 0.25) is 0 Å². The Labute approximate surface area is 167 Å². The number of amides is 2. The van der Waals surface area contributed by atoms with Gasteiger partial charge in [-0.25, -0.2) is 4.39 Å². The van der Waals surface area contributed by atoms with E-state index in [0.29, 0.717) is 12.0 Å². The van der Waals surface area contributed by atoms with Crippen LogP contribution in [0.3, 0.4) is 0 Å². The number of hydrogen-bond donors (Lipinski definition) is 1. The van der Waals surface area contributed by atoms with Gasteiger partial charge in [-0.3, -0.25) is 19.7 Å². The fourth-order valence-electron chi connectivity index (χ4n) is 3.44. The van der Waals surface area contributed by atoms with Crippen molar-refractivity contribution >= 4 is 23.6 Å². The molecule has 1 N–H and O–H groups in total. The summed E-state index contributed by atoms with van der Waals surface area (Å²) in [7, 11) is 1.47. The van der Waals surface area contributed by atoms with Crippen molar-refractivity contribution < 1.29 is 18.9 Å². The summed E-state index contributed by atoms with van der Waals surface area (Å²) in [5.74, 6) is -1.23. The Balaban J connectivity index is 1.96. The second-order valence-electron chi connectivity index (χ2n) is 6.90. The zero-order valence-electron chi connectivity index (χ0n) is 16.0. The zero-order valence-corrected chi connectivity index (χ0v) is 16.0. The number of nitro groups is 1. The van der Waals surface area contributed by atoms with Crippen molar-refractivity contribution in [1.29, 1.82) is 0 Å². The van der Waals surface area contributed by atoms with Crippen molar-refractivity contribution in [1.82, 2.24) is 10.2 Å². The van der Waals surface area contributed by atoms with E-state index in [1.54, 1.807) is 25.1 Å². The Kier molecular flexibility index (Phi) is 5.45. The lowest BCUT2D eigenvalue weighted by Gasteiger charge is -2.41. The summed E-state index contributed by atoms with van der Waals surface area (Å²) in [6.45, 7) is 1.78. The molecule has 29 heavy (non-hydrogen) atoms. The first-order chi connectivity index (χ1) is 13.8. The van der Waals surface area contributed by atoms with E-state index in [9.17, 15) is 24.1 Å². The van der Waals surface area contributed by atoms with Gasteiger partial charge < -0.3 is 10.2 Å². The van der Waals surface area contributed by atoms with Crippen LogP contribution in [0.1, 0.15) is 24.5 Å². The number of likely N-dealkylation sites (N-methyl/N-ethyl adjacent to an activating group) is 1. The Morgan fingerprint density at radius 1 is 1.17 bits per heavy atom. The lowest BCUT2D eigenvalue weighted by atomic mass is 9.84. The molecule has 2 aromatic carbocycles. The van der Waals surface area contributed by atoms with Crippen LogP contribution in [-0.4, -0.2) is 34.2 Å². The maximum atomic E-state index is 13.2. The first-order valence-corrected chi connectivity index (χ1v) is 9.07. The molecule has 7 nitrogen and oxygen atoms in total. The van der Waals surface area contributed by atoms with Crippen LogP contribution >= 0.6 is 0 Å². The molecule has 1 unspecified atom stereocenters. The largest absolute Gasteiger partial charge is 0.336 e. The second kappa shape index (κ2) is 7.83. The standard InChI is InChI=1S/C21H20FN3O4/c1-3-21(13-14-8-10-16(22)11-9-14)20(27)24(2)18(19(26)23-21)12-15-6-4-5-7-17(15)25(28)29/h4-12H,3,13H2,1-2H3,(H,23,26). The summed E-state index contributed by atoms with van der Waals surface area (Å²) in [5.41, 5.74) is -0.380. The fraction of sp³-hybridized carbons (Fsp3) is 0.238. The van der Waals surface area contributed by atoms with E-state index in [4.69, 9.17) is 0 Å². The number of nitrogens with one attached hydrogen (secondary N) is 1. The van der Waals surface area contributed by atoms with E-state index >= 15 is 0 Å². The molecular weight excluding hydrogens is 377 g/mol. The zero-order chi connectivity index (χ0) is 21.2. The number of hydrogen-bond acceptors (Lipinski definition) is 4. The summed E-state index contributed by atoms with van der Waals surface area (Å²) in [6, 6.07) is 11.7. The number of nitrogens with zero attached hydrogens (tertiary/aromatic N) is 2. The number of halogens is 1. The van der Waals surface area contributed by atoms with Gasteiger partial charge in [-0.15, -0.1) is 0 Å². The highest BCUT2D eigenvalue weighted by Crippen LogP contribution is 2.29. The molecular formula is C21H20FN3O4. The summed E-state index contributed by atoms with van der Waals surface area (Å²) >= 11 is 0. The number of para-hydroxylation sites is 1. The minimum absolute atomic E-state index is 0.0208. The van der Waals surface area contributed by atoms with Gasteiger partial charge in [0.25, 0.3) is 17.5 Å². The predicted molar refractivity (Wildman–Crippen MR) is 105 cm³/mol. The van der Waals surface area contributed by atoms with Gasteiger partial charge in [0, 0.05) is 19.5 Å². The Bertz CT molecular complexity index is 1000. The predicted octanol–water partition coefficient (Wildman–Crippen LogP) is 3.05. The number of carbonyl (C=O) groups excluding carboxylic acids is 2. The summed E-state index contributed by atoms with van der Waals surface area (Å²) in [4.78, 5) is 37.9. The molecule has 0 bridgehead atoms. The Morgan fingerprint density at radius 3 is 2.45 bits per heavy atom. The molecule has 0 aromatic heterocycles. The quantitative estimate of drug-likeness (QED) is 0.477. The van der Waals surface area contributed by atoms with E-state index in [-0.39, 0.29) is 35.1 Å². The van der Waals surface area contributed by atoms with E-state index in [2.05, 4.69) is 5.32 Å². The van der Waals surface area contributed by atoms with Crippen LogP contribution in [0.25, 0.3) is 6.08 Å². The number of benzene rings is 2. The van der Waals surface area contributed by atoms with Gasteiger partial charge in [0.15, 0.2) is 0 Å². The normalized spacial score (nSPS) is 20.7. The molecule has 1 aliphatic rings. The maximum absolute atomic E-state index is 13.2. The molecule has 2 amide bonds. The molecule has 2 aromatic rings. The third-order valence-corrected chi connectivity index (χ3v) is 5.11. The van der Waals surface area contributed by atoms with E-state index in [1.807, 2.05) is 0 Å². The van der Waals surface area contributed by atoms with Crippen molar-refractivity contribution in [3.8, 4) is 0 Å². The molecule has 0 radical (unpaired) electrons. The molecule has 0 spiro atoms. The van der Waals surface area contributed by atoms with Crippen LogP contribution in [0, 0.1) is 15.9 Å². The van der Waals surface area contributed by atoms with Crippen molar-refractivity contribution in [2.75, 3.05) is 7.05 Å². The Morgan fingerprint density at radius 2 is 1.83 bits per heavy atom. The van der Waals surface area contributed by atoms with Gasteiger partial charge >= 0.3 is 0 Å². The number of nitro benzene ring substituents is 1. The average molecular weight is 397 g/mol. The minimum atomic E-state index is -1.18. The highest BCUT2D eigenvalue weighted by molar-refractivity contribution is 6.09. The molecule has 1 atom stereocenters. The van der Waals surface area contributed by atoms with Crippen LogP contribution in [0.15, 0.2) is 54.2 Å².